The van der Waals surface area contributed by atoms with Crippen LogP contribution in [0, 0.1) is 27.7 Å². The minimum absolute atomic E-state index is 1.06. The summed E-state index contributed by atoms with van der Waals surface area (Å²) < 4.78 is 14.4. The monoisotopic (exact) mass is 525 g/mol. The number of nitrogens with zero attached hydrogens (tertiary/aromatic N) is 3. The van der Waals surface area contributed by atoms with Gasteiger partial charge in [-0.1, -0.05) is 0 Å². The molecule has 3 aromatic rings. The quantitative estimate of drug-likeness (QED) is 0.445. The van der Waals surface area contributed by atoms with Crippen LogP contribution in [-0.4, -0.2) is 32.1 Å². The third-order valence-corrected chi connectivity index (χ3v) is 7.44. The fourth-order valence-corrected chi connectivity index (χ4v) is 6.22. The molecule has 128 valence electrons. The number of aryl methyl sites for hydroxylation is 4. The van der Waals surface area contributed by atoms with Crippen molar-refractivity contribution >= 4 is 23.0 Å². The molecule has 0 radical (unpaired) electrons. The Morgan fingerprint density at radius 3 is 1.36 bits per heavy atom. The van der Waals surface area contributed by atoms with Crippen molar-refractivity contribution in [2.75, 3.05) is 0 Å². The maximum absolute atomic E-state index is 5.18. The zero-order valence-electron chi connectivity index (χ0n) is 16.0. The molecular weight excluding hydrogens is 499 g/mol. The first-order valence-electron chi connectivity index (χ1n) is 8.87. The number of aromatic nitrogens is 2. The summed E-state index contributed by atoms with van der Waals surface area (Å²) >= 11 is -1.96. The molecule has 0 saturated heterocycles. The van der Waals surface area contributed by atoms with Gasteiger partial charge in [-0.3, -0.25) is 0 Å². The Hall–Kier alpha value is -1.63. The molecule has 0 aliphatic carbocycles. The van der Waals surface area contributed by atoms with Crippen LogP contribution in [-0.2, 0) is 0 Å². The van der Waals surface area contributed by atoms with Gasteiger partial charge < -0.3 is 0 Å². The zero-order valence-corrected chi connectivity index (χ0v) is 20.5. The number of para-hydroxylation sites is 2. The van der Waals surface area contributed by atoms with Crippen molar-refractivity contribution < 1.29 is 0 Å². The van der Waals surface area contributed by atoms with E-state index in [0.29, 0.717) is 0 Å². The molecule has 0 atom stereocenters. The molecule has 0 saturated carbocycles. The molecule has 0 N–H and O–H groups in total. The summed E-state index contributed by atoms with van der Waals surface area (Å²) in [7, 11) is 0. The molecule has 1 aromatic heterocycles. The van der Waals surface area contributed by atoms with E-state index in [1.807, 2.05) is 0 Å². The van der Waals surface area contributed by atoms with E-state index in [4.69, 9.17) is 2.80 Å². The van der Waals surface area contributed by atoms with Gasteiger partial charge in [0.25, 0.3) is 0 Å². The molecule has 4 heteroatoms. The third-order valence-electron chi connectivity index (χ3n) is 4.53. The third kappa shape index (κ3) is 3.52. The molecule has 0 unspecified atom stereocenters. The second-order valence-corrected chi connectivity index (χ2v) is 16.5. The average Bonchev–Trinajstić information content (AvgIpc) is 2.90. The Morgan fingerprint density at radius 1 is 0.680 bits per heavy atom. The van der Waals surface area contributed by atoms with Crippen molar-refractivity contribution in [3.05, 3.63) is 76.7 Å². The summed E-state index contributed by atoms with van der Waals surface area (Å²) in [6.07, 6.45) is 4.33. The minimum atomic E-state index is -1.96. The number of hydrogen-bond donors (Lipinski definition) is 0. The maximum atomic E-state index is 5.18. The van der Waals surface area contributed by atoms with E-state index in [9.17, 15) is 0 Å². The topological polar surface area (TPSA) is 22.2 Å². The molecule has 0 amide bonds. The second kappa shape index (κ2) is 7.32. The number of benzene rings is 2. The van der Waals surface area contributed by atoms with Gasteiger partial charge in [-0.25, -0.2) is 0 Å². The molecule has 0 aliphatic rings. The fourth-order valence-electron chi connectivity index (χ4n) is 3.46. The normalized spacial score (nSPS) is 10.8. The van der Waals surface area contributed by atoms with Crippen LogP contribution >= 0.6 is 0 Å². The van der Waals surface area contributed by atoms with Crippen molar-refractivity contribution in [2.24, 2.45) is 2.80 Å². The number of hydrogen-bond acceptors (Lipinski definition) is 1. The Labute approximate surface area is 159 Å². The Bertz CT molecular complexity index is 865. The molecule has 0 fully saturated rings. The average molecular weight is 525 g/mol. The van der Waals surface area contributed by atoms with E-state index in [2.05, 4.69) is 94.6 Å². The van der Waals surface area contributed by atoms with Gasteiger partial charge in [0.15, 0.2) is 0 Å². The summed E-state index contributed by atoms with van der Waals surface area (Å²) in [5.74, 6) is 0. The van der Waals surface area contributed by atoms with E-state index < -0.39 is 23.0 Å². The summed E-state index contributed by atoms with van der Waals surface area (Å²) in [5.41, 5.74) is 8.68. The van der Waals surface area contributed by atoms with Crippen molar-refractivity contribution in [1.29, 1.82) is 0 Å². The summed E-state index contributed by atoms with van der Waals surface area (Å²) in [4.78, 5) is 0. The molecule has 3 nitrogen and oxygen atoms in total. The van der Waals surface area contributed by atoms with Crippen molar-refractivity contribution in [3.63, 3.8) is 0 Å². The molecule has 0 spiro atoms. The van der Waals surface area contributed by atoms with E-state index in [-0.39, 0.29) is 0 Å². The fraction of sp³-hybridized carbons (Fsp3) is 0.286. The summed E-state index contributed by atoms with van der Waals surface area (Å²) in [6, 6.07) is 12.9. The molecule has 0 bridgehead atoms. The van der Waals surface area contributed by atoms with Crippen LogP contribution in [0.15, 0.2) is 51.6 Å². The van der Waals surface area contributed by atoms with Crippen LogP contribution in [0.2, 0.25) is 8.97 Å². The van der Waals surface area contributed by atoms with Gasteiger partial charge in [0.2, 0.25) is 0 Å². The van der Waals surface area contributed by atoms with Crippen LogP contribution in [0.25, 0.3) is 11.4 Å². The Morgan fingerprint density at radius 2 is 1.04 bits per heavy atom. The van der Waals surface area contributed by atoms with Gasteiger partial charge in [0, 0.05) is 0 Å². The molecule has 3 rings (SSSR count). The SMILES string of the molecule is Cc1cccc(C)c1-n1ccn(-c2c(C)cccc2C)c1=[N][Tl]([CH3])[CH3]. The van der Waals surface area contributed by atoms with Crippen LogP contribution in [0.4, 0.5) is 0 Å². The molecule has 25 heavy (non-hydrogen) atoms. The zero-order chi connectivity index (χ0) is 18.1. The van der Waals surface area contributed by atoms with Crippen LogP contribution in [0.3, 0.4) is 0 Å². The molecule has 1 heterocycles. The predicted octanol–water partition coefficient (Wildman–Crippen LogP) is 4.65. The number of rotatable bonds is 3. The summed E-state index contributed by atoms with van der Waals surface area (Å²) in [5, 5.41) is 0. The van der Waals surface area contributed by atoms with Gasteiger partial charge in [0.1, 0.15) is 0 Å². The second-order valence-electron chi connectivity index (χ2n) is 7.04. The Kier molecular flexibility index (Phi) is 5.32. The van der Waals surface area contributed by atoms with Gasteiger partial charge in [-0.2, -0.15) is 0 Å². The van der Waals surface area contributed by atoms with Crippen molar-refractivity contribution in [3.8, 4) is 11.4 Å². The number of imidazole rings is 1. The Balaban J connectivity index is 2.37. The van der Waals surface area contributed by atoms with Gasteiger partial charge in [0.05, 0.1) is 0 Å². The van der Waals surface area contributed by atoms with E-state index in [1.165, 1.54) is 33.6 Å². The van der Waals surface area contributed by atoms with Gasteiger partial charge >= 0.3 is 160 Å². The van der Waals surface area contributed by atoms with Crippen molar-refractivity contribution in [2.45, 2.75) is 36.7 Å². The standard InChI is InChI=1S/C19H20N3.2CH3.Tl/c1-13-7-5-8-14(2)17(13)21-11-12-22(19(21)20)18-15(3)9-6-10-16(18)4;;;/h5-12H,1-4H3;2*1H3;/q-1;;;+1. The first-order valence-corrected chi connectivity index (χ1v) is 19.9. The van der Waals surface area contributed by atoms with Crippen LogP contribution in [0.5, 0.6) is 0 Å². The van der Waals surface area contributed by atoms with E-state index >= 15 is 0 Å². The van der Waals surface area contributed by atoms with Crippen molar-refractivity contribution in [1.82, 2.24) is 9.13 Å². The van der Waals surface area contributed by atoms with Crippen LogP contribution in [0.1, 0.15) is 22.3 Å². The van der Waals surface area contributed by atoms with E-state index in [1.54, 1.807) is 0 Å². The van der Waals surface area contributed by atoms with E-state index in [0.717, 1.165) is 5.62 Å². The van der Waals surface area contributed by atoms with Crippen LogP contribution < -0.4 is 5.62 Å². The van der Waals surface area contributed by atoms with Gasteiger partial charge in [-0.15, -0.1) is 0 Å². The first-order chi connectivity index (χ1) is 11.9. The predicted molar refractivity (Wildman–Crippen MR) is 107 cm³/mol. The molecule has 0 aliphatic heterocycles. The molecular formula is C21H26N3Tl. The molecule has 2 aromatic carbocycles. The summed E-state index contributed by atoms with van der Waals surface area (Å²) in [6.45, 7) is 8.70. The first kappa shape index (κ1) is 18.2. The van der Waals surface area contributed by atoms with Gasteiger partial charge in [-0.05, 0) is 0 Å².